The van der Waals surface area contributed by atoms with Crippen molar-refractivity contribution in [3.8, 4) is 0 Å². The number of nitrogens with zero attached hydrogens (tertiary/aromatic N) is 2. The predicted octanol–water partition coefficient (Wildman–Crippen LogP) is -1.10. The maximum absolute atomic E-state index is 13.7. The fourth-order valence-electron chi connectivity index (χ4n) is 2.44. The zero-order valence-electron chi connectivity index (χ0n) is 11.8. The number of aromatic nitrogens is 2. The van der Waals surface area contributed by atoms with Gasteiger partial charge in [0.1, 0.15) is 12.2 Å². The number of Topliss-reactive ketones (excluding diaryl/α,β-unsaturated/α-hetero) is 1. The third-order valence-corrected chi connectivity index (χ3v) is 3.57. The molecule has 0 saturated carbocycles. The van der Waals surface area contributed by atoms with Gasteiger partial charge in [0.15, 0.2) is 17.4 Å². The first kappa shape index (κ1) is 16.3. The number of nitrogens with two attached hydrogens (primary N) is 1. The molecule has 22 heavy (non-hydrogen) atoms. The van der Waals surface area contributed by atoms with E-state index in [9.17, 15) is 24.2 Å². The van der Waals surface area contributed by atoms with Gasteiger partial charge in [0, 0.05) is 6.42 Å². The van der Waals surface area contributed by atoms with E-state index in [-0.39, 0.29) is 6.42 Å². The van der Waals surface area contributed by atoms with Gasteiger partial charge in [-0.3, -0.25) is 9.36 Å². The molecule has 0 bridgehead atoms. The zero-order chi connectivity index (χ0) is 16.7. The van der Waals surface area contributed by atoms with E-state index >= 15 is 0 Å². The second-order valence-electron chi connectivity index (χ2n) is 5.00. The minimum Gasteiger partial charge on any atom is -0.387 e. The Kier molecular flexibility index (Phi) is 4.14. The highest BCUT2D eigenvalue weighted by molar-refractivity contribution is 5.87. The Labute approximate surface area is 124 Å². The molecule has 0 aliphatic carbocycles. The normalized spacial score (nSPS) is 31.2. The molecule has 2 heterocycles. The number of nitrogen functional groups attached to an aromatic ring is 1. The Morgan fingerprint density at radius 2 is 2.32 bits per heavy atom. The van der Waals surface area contributed by atoms with Crippen LogP contribution in [0.4, 0.5) is 10.2 Å². The lowest BCUT2D eigenvalue weighted by Gasteiger charge is -2.31. The summed E-state index contributed by atoms with van der Waals surface area (Å²) in [6, 6.07) is 0. The summed E-state index contributed by atoms with van der Waals surface area (Å²) >= 11 is 0. The van der Waals surface area contributed by atoms with Crippen LogP contribution in [0.15, 0.2) is 23.6 Å². The van der Waals surface area contributed by atoms with Gasteiger partial charge in [0.2, 0.25) is 5.72 Å². The highest BCUT2D eigenvalue weighted by Crippen LogP contribution is 2.36. The summed E-state index contributed by atoms with van der Waals surface area (Å²) < 4.78 is 19.6. The van der Waals surface area contributed by atoms with Crippen molar-refractivity contribution in [1.29, 1.82) is 0 Å². The summed E-state index contributed by atoms with van der Waals surface area (Å²) in [6.07, 6.45) is -2.59. The number of aliphatic hydroxyl groups excluding tert-OH is 2. The fraction of sp³-hybridized carbons (Fsp3) is 0.462. The first-order valence-corrected chi connectivity index (χ1v) is 6.49. The fourth-order valence-corrected chi connectivity index (χ4v) is 2.44. The van der Waals surface area contributed by atoms with Crippen LogP contribution in [0.2, 0.25) is 0 Å². The molecule has 0 aromatic carbocycles. The number of carbonyl (C=O) groups excluding carboxylic acids is 1. The average Bonchev–Trinajstić information content (AvgIpc) is 2.68. The van der Waals surface area contributed by atoms with Gasteiger partial charge in [-0.15, -0.1) is 6.58 Å². The van der Waals surface area contributed by atoms with Crippen LogP contribution in [0, 0.1) is 5.82 Å². The Bertz CT molecular complexity index is 676. The molecule has 120 valence electrons. The molecule has 9 heteroatoms. The van der Waals surface area contributed by atoms with Gasteiger partial charge in [-0.25, -0.2) is 9.18 Å². The van der Waals surface area contributed by atoms with Crippen molar-refractivity contribution in [2.45, 2.75) is 37.4 Å². The summed E-state index contributed by atoms with van der Waals surface area (Å²) in [7, 11) is 0. The summed E-state index contributed by atoms with van der Waals surface area (Å²) in [5.74, 6) is -2.48. The minimum absolute atomic E-state index is 0.269. The van der Waals surface area contributed by atoms with Gasteiger partial charge in [-0.05, 0) is 6.92 Å². The summed E-state index contributed by atoms with van der Waals surface area (Å²) in [5.41, 5.74) is 1.83. The first-order valence-electron chi connectivity index (χ1n) is 6.49. The molecule has 2 rings (SSSR count). The minimum atomic E-state index is -2.29. The number of anilines is 1. The Morgan fingerprint density at radius 1 is 1.68 bits per heavy atom. The van der Waals surface area contributed by atoms with Gasteiger partial charge in [-0.2, -0.15) is 4.98 Å². The van der Waals surface area contributed by atoms with Crippen LogP contribution in [-0.2, 0) is 15.3 Å². The molecular weight excluding hydrogens is 297 g/mol. The Balaban J connectivity index is 2.71. The third kappa shape index (κ3) is 2.23. The highest BCUT2D eigenvalue weighted by atomic mass is 19.1. The molecule has 1 aromatic heterocycles. The van der Waals surface area contributed by atoms with Gasteiger partial charge in [0.05, 0.1) is 12.3 Å². The predicted molar refractivity (Wildman–Crippen MR) is 73.2 cm³/mol. The van der Waals surface area contributed by atoms with E-state index in [1.807, 2.05) is 0 Å². The number of hydrogen-bond donors (Lipinski definition) is 3. The number of hydrogen-bond acceptors (Lipinski definition) is 7. The number of rotatable bonds is 4. The molecular formula is C13H16FN3O5. The van der Waals surface area contributed by atoms with E-state index in [4.69, 9.17) is 10.5 Å². The smallest absolute Gasteiger partial charge is 0.352 e. The number of allylic oxidation sites excluding steroid dienone is 1. The molecule has 0 spiro atoms. The lowest BCUT2D eigenvalue weighted by atomic mass is 9.96. The van der Waals surface area contributed by atoms with Crippen LogP contribution < -0.4 is 11.4 Å². The lowest BCUT2D eigenvalue weighted by molar-refractivity contribution is -0.172. The number of aliphatic hydroxyl groups is 2. The van der Waals surface area contributed by atoms with Crippen molar-refractivity contribution < 1.29 is 24.1 Å². The molecule has 0 amide bonds. The molecule has 1 aromatic rings. The van der Waals surface area contributed by atoms with Crippen LogP contribution in [-0.4, -0.2) is 43.9 Å². The van der Waals surface area contributed by atoms with Gasteiger partial charge >= 0.3 is 5.69 Å². The van der Waals surface area contributed by atoms with Gasteiger partial charge < -0.3 is 20.7 Å². The lowest BCUT2D eigenvalue weighted by Crippen LogP contribution is -2.56. The maximum Gasteiger partial charge on any atom is 0.352 e. The molecule has 1 fully saturated rings. The van der Waals surface area contributed by atoms with Crippen molar-refractivity contribution >= 4 is 11.6 Å². The van der Waals surface area contributed by atoms with Crippen molar-refractivity contribution in [2.75, 3.05) is 5.73 Å². The molecule has 4 atom stereocenters. The topological polar surface area (TPSA) is 128 Å². The van der Waals surface area contributed by atoms with E-state index in [2.05, 4.69) is 11.6 Å². The van der Waals surface area contributed by atoms with Crippen molar-refractivity contribution in [3.05, 3.63) is 35.2 Å². The number of carbonyl (C=O) groups is 1. The SMILES string of the molecule is C=CCC(=O)[C@@]1(n2cc(F)c(N)nc2=O)O[C@H](C)[C@@H](O)[C@H]1O. The third-order valence-electron chi connectivity index (χ3n) is 3.57. The van der Waals surface area contributed by atoms with Crippen LogP contribution in [0.3, 0.4) is 0 Å². The average molecular weight is 313 g/mol. The molecule has 0 radical (unpaired) electrons. The second kappa shape index (κ2) is 5.59. The highest BCUT2D eigenvalue weighted by Gasteiger charge is 2.59. The van der Waals surface area contributed by atoms with Crippen molar-refractivity contribution in [1.82, 2.24) is 9.55 Å². The molecule has 1 saturated heterocycles. The molecule has 1 aliphatic heterocycles. The monoisotopic (exact) mass is 313 g/mol. The quantitative estimate of drug-likeness (QED) is 0.602. The number of halogens is 1. The van der Waals surface area contributed by atoms with E-state index in [0.717, 1.165) is 0 Å². The maximum atomic E-state index is 13.7. The van der Waals surface area contributed by atoms with Gasteiger partial charge in [0.25, 0.3) is 0 Å². The number of ketones is 1. The summed E-state index contributed by atoms with van der Waals surface area (Å²) in [6.45, 7) is 4.80. The molecule has 0 unspecified atom stereocenters. The van der Waals surface area contributed by atoms with Crippen LogP contribution in [0.5, 0.6) is 0 Å². The first-order chi connectivity index (χ1) is 10.3. The Hall–Kier alpha value is -2.10. The second-order valence-corrected chi connectivity index (χ2v) is 5.00. The molecule has 4 N–H and O–H groups in total. The summed E-state index contributed by atoms with van der Waals surface area (Å²) in [4.78, 5) is 27.7. The standard InChI is InChI=1S/C13H16FN3O5/c1-3-4-8(18)13(10(20)9(19)6(2)22-13)17-5-7(14)11(15)16-12(17)21/h3,5-6,9-10,19-20H,1,4H2,2H3,(H2,15,16,21)/t6-,9-,10-,13-/m1/s1. The van der Waals surface area contributed by atoms with Crippen molar-refractivity contribution in [2.24, 2.45) is 0 Å². The van der Waals surface area contributed by atoms with Crippen LogP contribution in [0.1, 0.15) is 13.3 Å². The largest absolute Gasteiger partial charge is 0.387 e. The van der Waals surface area contributed by atoms with Crippen LogP contribution >= 0.6 is 0 Å². The number of ether oxygens (including phenoxy) is 1. The van der Waals surface area contributed by atoms with Crippen LogP contribution in [0.25, 0.3) is 0 Å². The Morgan fingerprint density at radius 3 is 2.82 bits per heavy atom. The van der Waals surface area contributed by atoms with Gasteiger partial charge in [-0.1, -0.05) is 6.08 Å². The molecule has 8 nitrogen and oxygen atoms in total. The summed E-state index contributed by atoms with van der Waals surface area (Å²) in [5, 5.41) is 20.1. The van der Waals surface area contributed by atoms with E-state index in [1.54, 1.807) is 0 Å². The van der Waals surface area contributed by atoms with E-state index < -0.39 is 47.1 Å². The van der Waals surface area contributed by atoms with E-state index in [0.29, 0.717) is 10.8 Å². The van der Waals surface area contributed by atoms with E-state index in [1.165, 1.54) is 13.0 Å². The van der Waals surface area contributed by atoms with Crippen molar-refractivity contribution in [3.63, 3.8) is 0 Å². The molecule has 1 aliphatic rings. The zero-order valence-corrected chi connectivity index (χ0v) is 11.8.